The van der Waals surface area contributed by atoms with E-state index in [2.05, 4.69) is 20.9 Å². The highest BCUT2D eigenvalue weighted by atomic mass is 79.9. The summed E-state index contributed by atoms with van der Waals surface area (Å²) in [6.45, 7) is -0.0322. The summed E-state index contributed by atoms with van der Waals surface area (Å²) in [4.78, 5) is 3.97. The van der Waals surface area contributed by atoms with Crippen LogP contribution in [0.2, 0.25) is 0 Å². The third kappa shape index (κ3) is 2.80. The second-order valence-corrected chi connectivity index (χ2v) is 4.41. The molecule has 94 valence electrons. The van der Waals surface area contributed by atoms with Gasteiger partial charge in [-0.3, -0.25) is 4.98 Å². The van der Waals surface area contributed by atoms with Gasteiger partial charge in [-0.2, -0.15) is 0 Å². The van der Waals surface area contributed by atoms with Crippen LogP contribution in [0.15, 0.2) is 41.1 Å². The molecule has 18 heavy (non-hydrogen) atoms. The molecule has 0 unspecified atom stereocenters. The first-order chi connectivity index (χ1) is 8.74. The van der Waals surface area contributed by atoms with Crippen LogP contribution in [-0.2, 0) is 6.61 Å². The number of hydrogen-bond acceptors (Lipinski definition) is 4. The van der Waals surface area contributed by atoms with Crippen molar-refractivity contribution < 1.29 is 14.6 Å². The molecule has 1 aromatic carbocycles. The molecular weight excluding hydrogens is 298 g/mol. The minimum Gasteiger partial charge on any atom is -0.493 e. The fourth-order valence-corrected chi connectivity index (χ4v) is 1.79. The fourth-order valence-electron chi connectivity index (χ4n) is 1.46. The Morgan fingerprint density at radius 1 is 1.22 bits per heavy atom. The molecule has 0 bridgehead atoms. The minimum absolute atomic E-state index is 0.0322. The number of halogens is 1. The molecule has 0 radical (unpaired) electrons. The van der Waals surface area contributed by atoms with Crippen LogP contribution >= 0.6 is 15.9 Å². The maximum absolute atomic E-state index is 9.07. The highest BCUT2D eigenvalue weighted by molar-refractivity contribution is 9.10. The average Bonchev–Trinajstić information content (AvgIpc) is 2.41. The van der Waals surface area contributed by atoms with E-state index in [-0.39, 0.29) is 6.61 Å². The quantitative estimate of drug-likeness (QED) is 0.942. The van der Waals surface area contributed by atoms with Gasteiger partial charge < -0.3 is 14.6 Å². The monoisotopic (exact) mass is 309 g/mol. The lowest BCUT2D eigenvalue weighted by molar-refractivity contribution is 0.280. The second-order valence-electron chi connectivity index (χ2n) is 3.55. The molecule has 0 aliphatic rings. The third-order valence-corrected chi connectivity index (χ3v) is 2.96. The Hall–Kier alpha value is -1.59. The summed E-state index contributed by atoms with van der Waals surface area (Å²) in [7, 11) is 1.56. The van der Waals surface area contributed by atoms with E-state index in [0.29, 0.717) is 17.2 Å². The number of pyridine rings is 1. The summed E-state index contributed by atoms with van der Waals surface area (Å²) in [5.74, 6) is 1.81. The van der Waals surface area contributed by atoms with E-state index in [4.69, 9.17) is 14.6 Å². The van der Waals surface area contributed by atoms with Crippen LogP contribution in [0.4, 0.5) is 0 Å². The van der Waals surface area contributed by atoms with Gasteiger partial charge in [-0.25, -0.2) is 0 Å². The normalized spacial score (nSPS) is 10.2. The van der Waals surface area contributed by atoms with Gasteiger partial charge in [0.15, 0.2) is 11.5 Å². The van der Waals surface area contributed by atoms with Crippen molar-refractivity contribution in [2.45, 2.75) is 6.61 Å². The molecule has 0 fully saturated rings. The molecule has 4 nitrogen and oxygen atoms in total. The van der Waals surface area contributed by atoms with Gasteiger partial charge in [-0.1, -0.05) is 6.07 Å². The summed E-state index contributed by atoms with van der Waals surface area (Å²) in [5, 5.41) is 9.07. The van der Waals surface area contributed by atoms with E-state index in [0.717, 1.165) is 10.0 Å². The molecule has 0 aliphatic heterocycles. The molecule has 0 saturated carbocycles. The first-order valence-electron chi connectivity index (χ1n) is 5.29. The van der Waals surface area contributed by atoms with E-state index in [1.54, 1.807) is 43.8 Å². The lowest BCUT2D eigenvalue weighted by atomic mass is 10.2. The average molecular weight is 310 g/mol. The molecular formula is C13H12BrNO3. The standard InChI is InChI=1S/C13H12BrNO3/c1-17-13-6-9(8-16)2-3-12(13)18-11-4-5-15-7-10(11)14/h2-7,16H,8H2,1H3. The predicted molar refractivity (Wildman–Crippen MR) is 70.9 cm³/mol. The molecule has 2 rings (SSSR count). The number of hydrogen-bond donors (Lipinski definition) is 1. The Labute approximate surface area is 113 Å². The Morgan fingerprint density at radius 3 is 2.72 bits per heavy atom. The highest BCUT2D eigenvalue weighted by Crippen LogP contribution is 2.35. The molecule has 1 heterocycles. The van der Waals surface area contributed by atoms with Crippen molar-refractivity contribution in [3.8, 4) is 17.2 Å². The summed E-state index contributed by atoms with van der Waals surface area (Å²) >= 11 is 3.36. The van der Waals surface area contributed by atoms with Crippen molar-refractivity contribution >= 4 is 15.9 Å². The number of aromatic nitrogens is 1. The van der Waals surface area contributed by atoms with Crippen LogP contribution < -0.4 is 9.47 Å². The van der Waals surface area contributed by atoms with Gasteiger partial charge >= 0.3 is 0 Å². The van der Waals surface area contributed by atoms with Crippen molar-refractivity contribution in [2.75, 3.05) is 7.11 Å². The van der Waals surface area contributed by atoms with Crippen LogP contribution in [0.3, 0.4) is 0 Å². The van der Waals surface area contributed by atoms with E-state index in [1.807, 2.05) is 0 Å². The molecule has 5 heteroatoms. The fraction of sp³-hybridized carbons (Fsp3) is 0.154. The van der Waals surface area contributed by atoms with Crippen LogP contribution in [0, 0.1) is 0 Å². The number of aliphatic hydroxyl groups is 1. The Balaban J connectivity index is 2.32. The largest absolute Gasteiger partial charge is 0.493 e. The van der Waals surface area contributed by atoms with Crippen molar-refractivity contribution in [1.82, 2.24) is 4.98 Å². The van der Waals surface area contributed by atoms with Crippen LogP contribution in [-0.4, -0.2) is 17.2 Å². The summed E-state index contributed by atoms with van der Waals surface area (Å²) in [6.07, 6.45) is 3.30. The molecule has 0 saturated heterocycles. The Morgan fingerprint density at radius 2 is 2.06 bits per heavy atom. The summed E-state index contributed by atoms with van der Waals surface area (Å²) in [6, 6.07) is 7.04. The second kappa shape index (κ2) is 5.84. The SMILES string of the molecule is COc1cc(CO)ccc1Oc1ccncc1Br. The number of benzene rings is 1. The van der Waals surface area contributed by atoms with E-state index in [9.17, 15) is 0 Å². The molecule has 2 aromatic rings. The Kier molecular flexibility index (Phi) is 4.17. The number of aliphatic hydroxyl groups excluding tert-OH is 1. The molecule has 0 spiro atoms. The van der Waals surface area contributed by atoms with E-state index in [1.165, 1.54) is 0 Å². The number of methoxy groups -OCH3 is 1. The topological polar surface area (TPSA) is 51.6 Å². The van der Waals surface area contributed by atoms with Gasteiger partial charge in [-0.05, 0) is 33.6 Å². The maximum atomic E-state index is 9.07. The third-order valence-electron chi connectivity index (χ3n) is 2.37. The molecule has 0 atom stereocenters. The van der Waals surface area contributed by atoms with Crippen molar-refractivity contribution in [3.63, 3.8) is 0 Å². The van der Waals surface area contributed by atoms with Gasteiger partial charge in [0, 0.05) is 18.5 Å². The first kappa shape index (κ1) is 12.9. The van der Waals surface area contributed by atoms with Gasteiger partial charge in [0.05, 0.1) is 18.2 Å². The Bertz CT molecular complexity index is 546. The van der Waals surface area contributed by atoms with Crippen molar-refractivity contribution in [3.05, 3.63) is 46.7 Å². The summed E-state index contributed by atoms with van der Waals surface area (Å²) in [5.41, 5.74) is 0.771. The van der Waals surface area contributed by atoms with E-state index < -0.39 is 0 Å². The van der Waals surface area contributed by atoms with Crippen LogP contribution in [0.25, 0.3) is 0 Å². The van der Waals surface area contributed by atoms with Crippen LogP contribution in [0.1, 0.15) is 5.56 Å². The van der Waals surface area contributed by atoms with E-state index >= 15 is 0 Å². The van der Waals surface area contributed by atoms with Gasteiger partial charge in [-0.15, -0.1) is 0 Å². The molecule has 1 aromatic heterocycles. The zero-order valence-electron chi connectivity index (χ0n) is 9.76. The van der Waals surface area contributed by atoms with Crippen LogP contribution in [0.5, 0.6) is 17.2 Å². The maximum Gasteiger partial charge on any atom is 0.169 e. The van der Waals surface area contributed by atoms with Gasteiger partial charge in [0.2, 0.25) is 0 Å². The molecule has 0 aliphatic carbocycles. The zero-order valence-corrected chi connectivity index (χ0v) is 11.3. The molecule has 1 N–H and O–H groups in total. The predicted octanol–water partition coefficient (Wildman–Crippen LogP) is 3.14. The lowest BCUT2D eigenvalue weighted by Gasteiger charge is -2.12. The summed E-state index contributed by atoms with van der Waals surface area (Å²) < 4.78 is 11.7. The number of nitrogens with zero attached hydrogens (tertiary/aromatic N) is 1. The van der Waals surface area contributed by atoms with Gasteiger partial charge in [0.25, 0.3) is 0 Å². The minimum atomic E-state index is -0.0322. The smallest absolute Gasteiger partial charge is 0.169 e. The lowest BCUT2D eigenvalue weighted by Crippen LogP contribution is -1.93. The first-order valence-corrected chi connectivity index (χ1v) is 6.09. The highest BCUT2D eigenvalue weighted by Gasteiger charge is 2.08. The molecule has 0 amide bonds. The number of rotatable bonds is 4. The van der Waals surface area contributed by atoms with Crippen molar-refractivity contribution in [1.29, 1.82) is 0 Å². The van der Waals surface area contributed by atoms with Crippen molar-refractivity contribution in [2.24, 2.45) is 0 Å². The number of ether oxygens (including phenoxy) is 2. The zero-order chi connectivity index (χ0) is 13.0. The van der Waals surface area contributed by atoms with Gasteiger partial charge in [0.1, 0.15) is 5.75 Å².